The summed E-state index contributed by atoms with van der Waals surface area (Å²) >= 11 is 0. The Labute approximate surface area is 190 Å². The van der Waals surface area contributed by atoms with Crippen LogP contribution in [0.15, 0.2) is 91.0 Å². The molecule has 0 saturated carbocycles. The molecule has 166 valence electrons. The maximum absolute atomic E-state index is 13.1. The molecule has 3 N–H and O–H groups in total. The first-order chi connectivity index (χ1) is 16.0. The molecule has 4 rings (SSSR count). The first-order valence-corrected chi connectivity index (χ1v) is 10.4. The molecule has 0 amide bonds. The Morgan fingerprint density at radius 2 is 1.55 bits per heavy atom. The Morgan fingerprint density at radius 3 is 2.15 bits per heavy atom. The smallest absolute Gasteiger partial charge is 0.354 e. The molecule has 0 aliphatic carbocycles. The molecule has 0 radical (unpaired) electrons. The van der Waals surface area contributed by atoms with E-state index < -0.39 is 5.97 Å². The Morgan fingerprint density at radius 1 is 0.909 bits per heavy atom. The zero-order valence-corrected chi connectivity index (χ0v) is 17.7. The molecule has 0 atom stereocenters. The van der Waals surface area contributed by atoms with Crippen molar-refractivity contribution in [1.82, 2.24) is 4.98 Å². The van der Waals surface area contributed by atoms with Gasteiger partial charge in [0.2, 0.25) is 0 Å². The Hall–Kier alpha value is -4.23. The van der Waals surface area contributed by atoms with Crippen LogP contribution in [-0.4, -0.2) is 29.1 Å². The SMILES string of the molecule is NCCN(c1ccccc1)c1cc(-c2ccc(Oc3ccc(F)cc3)cc2)cc(C(=O)O)n1. The predicted octanol–water partition coefficient (Wildman–Crippen LogP) is 5.48. The molecule has 1 heterocycles. The molecule has 0 spiro atoms. The summed E-state index contributed by atoms with van der Waals surface area (Å²) in [5.41, 5.74) is 8.12. The van der Waals surface area contributed by atoms with Crippen molar-refractivity contribution in [2.24, 2.45) is 5.73 Å². The number of carbonyl (C=O) groups is 1. The number of hydrogen-bond donors (Lipinski definition) is 2. The number of benzene rings is 3. The Balaban J connectivity index is 1.67. The first-order valence-electron chi connectivity index (χ1n) is 10.4. The number of ether oxygens (including phenoxy) is 1. The third-order valence-electron chi connectivity index (χ3n) is 4.97. The molecule has 7 heteroatoms. The first kappa shape index (κ1) is 22.0. The molecule has 0 aliphatic heterocycles. The van der Waals surface area contributed by atoms with Crippen LogP contribution in [0.25, 0.3) is 11.1 Å². The predicted molar refractivity (Wildman–Crippen MR) is 126 cm³/mol. The Kier molecular flexibility index (Phi) is 6.61. The van der Waals surface area contributed by atoms with E-state index in [-0.39, 0.29) is 11.5 Å². The number of nitrogens with zero attached hydrogens (tertiary/aromatic N) is 2. The van der Waals surface area contributed by atoms with Gasteiger partial charge >= 0.3 is 5.97 Å². The number of aromatic nitrogens is 1. The summed E-state index contributed by atoms with van der Waals surface area (Å²) in [6.07, 6.45) is 0. The average molecular weight is 443 g/mol. The standard InChI is InChI=1S/C26H22FN3O3/c27-20-8-12-23(13-9-20)33-22-10-6-18(7-11-22)19-16-24(26(31)32)29-25(17-19)30(15-14-28)21-4-2-1-3-5-21/h1-13,16-17H,14-15,28H2,(H,31,32). The summed E-state index contributed by atoms with van der Waals surface area (Å²) in [5, 5.41) is 9.64. The van der Waals surface area contributed by atoms with Crippen molar-refractivity contribution in [3.8, 4) is 22.6 Å². The van der Waals surface area contributed by atoms with Crippen LogP contribution in [0.1, 0.15) is 10.5 Å². The van der Waals surface area contributed by atoms with Gasteiger partial charge in [-0.2, -0.15) is 0 Å². The number of pyridine rings is 1. The normalized spacial score (nSPS) is 10.6. The third kappa shape index (κ3) is 5.34. The van der Waals surface area contributed by atoms with Crippen molar-refractivity contribution >= 4 is 17.5 Å². The van der Waals surface area contributed by atoms with Crippen LogP contribution < -0.4 is 15.4 Å². The summed E-state index contributed by atoms with van der Waals surface area (Å²) < 4.78 is 18.8. The lowest BCUT2D eigenvalue weighted by molar-refractivity contribution is 0.0690. The highest BCUT2D eigenvalue weighted by Gasteiger charge is 2.16. The zero-order valence-electron chi connectivity index (χ0n) is 17.7. The molecule has 4 aromatic rings. The van der Waals surface area contributed by atoms with E-state index in [0.29, 0.717) is 36.0 Å². The summed E-state index contributed by atoms with van der Waals surface area (Å²) in [7, 11) is 0. The minimum atomic E-state index is -1.12. The van der Waals surface area contributed by atoms with E-state index in [2.05, 4.69) is 4.98 Å². The summed E-state index contributed by atoms with van der Waals surface area (Å²) in [6.45, 7) is 0.850. The number of aromatic carboxylic acids is 1. The summed E-state index contributed by atoms with van der Waals surface area (Å²) in [5.74, 6) is 0.138. The van der Waals surface area contributed by atoms with Gasteiger partial charge in [-0.1, -0.05) is 30.3 Å². The van der Waals surface area contributed by atoms with Crippen molar-refractivity contribution in [2.45, 2.75) is 0 Å². The molecule has 0 saturated heterocycles. The topological polar surface area (TPSA) is 88.7 Å². The van der Waals surface area contributed by atoms with Gasteiger partial charge in [-0.15, -0.1) is 0 Å². The molecular weight excluding hydrogens is 421 g/mol. The van der Waals surface area contributed by atoms with Crippen LogP contribution in [-0.2, 0) is 0 Å². The molecule has 33 heavy (non-hydrogen) atoms. The van der Waals surface area contributed by atoms with Crippen LogP contribution in [0.3, 0.4) is 0 Å². The van der Waals surface area contributed by atoms with Crippen LogP contribution in [0.5, 0.6) is 11.5 Å². The molecule has 3 aromatic carbocycles. The van der Waals surface area contributed by atoms with Crippen molar-refractivity contribution in [3.05, 3.63) is 103 Å². The number of rotatable bonds is 8. The minimum absolute atomic E-state index is 0.0629. The highest BCUT2D eigenvalue weighted by molar-refractivity contribution is 5.88. The highest BCUT2D eigenvalue weighted by Crippen LogP contribution is 2.31. The molecule has 0 aliphatic rings. The fraction of sp³-hybridized carbons (Fsp3) is 0.0769. The van der Waals surface area contributed by atoms with Gasteiger partial charge in [0.05, 0.1) is 0 Å². The van der Waals surface area contributed by atoms with Crippen LogP contribution in [0.4, 0.5) is 15.9 Å². The van der Waals surface area contributed by atoms with Gasteiger partial charge in [0.15, 0.2) is 5.69 Å². The van der Waals surface area contributed by atoms with Crippen molar-refractivity contribution < 1.29 is 19.0 Å². The quantitative estimate of drug-likeness (QED) is 0.375. The second-order valence-electron chi connectivity index (χ2n) is 7.26. The van der Waals surface area contributed by atoms with Gasteiger partial charge in [-0.05, 0) is 71.8 Å². The van der Waals surface area contributed by atoms with Gasteiger partial charge in [-0.3, -0.25) is 0 Å². The molecule has 6 nitrogen and oxygen atoms in total. The summed E-state index contributed by atoms with van der Waals surface area (Å²) in [4.78, 5) is 18.0. The van der Waals surface area contributed by atoms with Crippen molar-refractivity contribution in [2.75, 3.05) is 18.0 Å². The second kappa shape index (κ2) is 9.93. The van der Waals surface area contributed by atoms with Crippen molar-refractivity contribution in [1.29, 1.82) is 0 Å². The van der Waals surface area contributed by atoms with E-state index in [0.717, 1.165) is 11.3 Å². The summed E-state index contributed by atoms with van der Waals surface area (Å²) in [6, 6.07) is 25.9. The van der Waals surface area contributed by atoms with Crippen molar-refractivity contribution in [3.63, 3.8) is 0 Å². The number of anilines is 2. The average Bonchev–Trinajstić information content (AvgIpc) is 2.84. The number of para-hydroxylation sites is 1. The zero-order chi connectivity index (χ0) is 23.2. The van der Waals surface area contributed by atoms with Crippen LogP contribution in [0.2, 0.25) is 0 Å². The third-order valence-corrected chi connectivity index (χ3v) is 4.97. The molecule has 0 bridgehead atoms. The molecular formula is C26H22FN3O3. The maximum Gasteiger partial charge on any atom is 0.354 e. The second-order valence-corrected chi connectivity index (χ2v) is 7.26. The largest absolute Gasteiger partial charge is 0.477 e. The van der Waals surface area contributed by atoms with E-state index in [1.54, 1.807) is 24.3 Å². The van der Waals surface area contributed by atoms with E-state index in [1.807, 2.05) is 53.4 Å². The highest BCUT2D eigenvalue weighted by atomic mass is 19.1. The van der Waals surface area contributed by atoms with E-state index in [1.165, 1.54) is 18.2 Å². The number of halogens is 1. The molecule has 1 aromatic heterocycles. The van der Waals surface area contributed by atoms with Gasteiger partial charge in [0.1, 0.15) is 23.1 Å². The van der Waals surface area contributed by atoms with E-state index in [9.17, 15) is 14.3 Å². The molecule has 0 fully saturated rings. The van der Waals surface area contributed by atoms with Gasteiger partial charge < -0.3 is 20.5 Å². The maximum atomic E-state index is 13.1. The number of nitrogens with two attached hydrogens (primary N) is 1. The van der Waals surface area contributed by atoms with Gasteiger partial charge in [0, 0.05) is 18.8 Å². The Bertz CT molecular complexity index is 1230. The van der Waals surface area contributed by atoms with E-state index in [4.69, 9.17) is 10.5 Å². The lowest BCUT2D eigenvalue weighted by Gasteiger charge is -2.24. The minimum Gasteiger partial charge on any atom is -0.477 e. The monoisotopic (exact) mass is 443 g/mol. The number of carboxylic acids is 1. The fourth-order valence-electron chi connectivity index (χ4n) is 3.40. The lowest BCUT2D eigenvalue weighted by Crippen LogP contribution is -2.26. The van der Waals surface area contributed by atoms with Crippen LogP contribution >= 0.6 is 0 Å². The number of hydrogen-bond acceptors (Lipinski definition) is 5. The lowest BCUT2D eigenvalue weighted by atomic mass is 10.0. The van der Waals surface area contributed by atoms with Gasteiger partial charge in [0.25, 0.3) is 0 Å². The fourth-order valence-corrected chi connectivity index (χ4v) is 3.40. The van der Waals surface area contributed by atoms with Crippen LogP contribution in [0, 0.1) is 5.82 Å². The van der Waals surface area contributed by atoms with E-state index >= 15 is 0 Å². The van der Waals surface area contributed by atoms with Gasteiger partial charge in [-0.25, -0.2) is 14.2 Å². The molecule has 0 unspecified atom stereocenters. The number of carboxylic acid groups (broad SMARTS) is 1.